The zero-order valence-electron chi connectivity index (χ0n) is 13.1. The molecular formula is C17H24ClN3O. The van der Waals surface area contributed by atoms with Crippen LogP contribution in [0.5, 0.6) is 0 Å². The number of nitrogens with zero attached hydrogens (tertiary/aromatic N) is 2. The fraction of sp³-hybridized carbons (Fsp3) is 0.588. The number of rotatable bonds is 5. The first-order valence-electron chi connectivity index (χ1n) is 8.14. The van der Waals surface area contributed by atoms with E-state index in [0.29, 0.717) is 18.5 Å². The van der Waals surface area contributed by atoms with Gasteiger partial charge in [0, 0.05) is 42.9 Å². The van der Waals surface area contributed by atoms with E-state index >= 15 is 0 Å². The van der Waals surface area contributed by atoms with Crippen LogP contribution >= 0.6 is 11.6 Å². The van der Waals surface area contributed by atoms with E-state index in [1.54, 1.807) is 0 Å². The molecule has 0 unspecified atom stereocenters. The first kappa shape index (κ1) is 15.6. The van der Waals surface area contributed by atoms with Gasteiger partial charge in [-0.15, -0.1) is 0 Å². The highest BCUT2D eigenvalue weighted by atomic mass is 35.5. The summed E-state index contributed by atoms with van der Waals surface area (Å²) in [5.74, 6) is 0.874. The molecule has 2 fully saturated rings. The van der Waals surface area contributed by atoms with Crippen LogP contribution in [0.25, 0.3) is 0 Å². The van der Waals surface area contributed by atoms with Crippen LogP contribution in [0, 0.1) is 5.92 Å². The molecule has 1 heterocycles. The zero-order valence-corrected chi connectivity index (χ0v) is 13.9. The van der Waals surface area contributed by atoms with Crippen LogP contribution in [0.4, 0.5) is 5.69 Å². The highest BCUT2D eigenvalue weighted by Gasteiger charge is 2.29. The largest absolute Gasteiger partial charge is 0.369 e. The minimum Gasteiger partial charge on any atom is -0.369 e. The fourth-order valence-corrected chi connectivity index (χ4v) is 3.24. The van der Waals surface area contributed by atoms with Crippen LogP contribution in [0.15, 0.2) is 24.3 Å². The predicted octanol–water partition coefficient (Wildman–Crippen LogP) is 2.38. The molecule has 1 N–H and O–H groups in total. The Kier molecular flexibility index (Phi) is 4.89. The van der Waals surface area contributed by atoms with Crippen LogP contribution < -0.4 is 10.2 Å². The van der Waals surface area contributed by atoms with Gasteiger partial charge in [-0.3, -0.25) is 9.69 Å². The number of carbonyl (C=O) groups is 1. The van der Waals surface area contributed by atoms with Crippen LogP contribution in [-0.2, 0) is 4.79 Å². The number of benzene rings is 1. The van der Waals surface area contributed by atoms with Gasteiger partial charge < -0.3 is 10.2 Å². The molecule has 5 heteroatoms. The third kappa shape index (κ3) is 4.14. The molecule has 1 amide bonds. The van der Waals surface area contributed by atoms with Gasteiger partial charge in [-0.1, -0.05) is 17.7 Å². The molecule has 1 saturated heterocycles. The fourth-order valence-electron chi connectivity index (χ4n) is 3.05. The maximum Gasteiger partial charge on any atom is 0.234 e. The van der Waals surface area contributed by atoms with Gasteiger partial charge >= 0.3 is 0 Å². The average Bonchev–Trinajstić information content (AvgIpc) is 3.32. The number of halogens is 1. The van der Waals surface area contributed by atoms with Gasteiger partial charge in [0.2, 0.25) is 5.91 Å². The second-order valence-corrected chi connectivity index (χ2v) is 6.87. The SMILES string of the molecule is C[C@@H](NC(=O)CN1CCN(c2cccc(Cl)c2)CC1)C1CC1. The summed E-state index contributed by atoms with van der Waals surface area (Å²) in [6, 6.07) is 8.30. The first-order chi connectivity index (χ1) is 10.6. The Balaban J connectivity index is 1.44. The van der Waals surface area contributed by atoms with Crippen molar-refractivity contribution < 1.29 is 4.79 Å². The Morgan fingerprint density at radius 3 is 2.68 bits per heavy atom. The van der Waals surface area contributed by atoms with E-state index in [2.05, 4.69) is 28.1 Å². The number of hydrogen-bond acceptors (Lipinski definition) is 3. The van der Waals surface area contributed by atoms with Crippen molar-refractivity contribution in [3.63, 3.8) is 0 Å². The Bertz CT molecular complexity index is 524. The van der Waals surface area contributed by atoms with Gasteiger partial charge in [0.15, 0.2) is 0 Å². The second-order valence-electron chi connectivity index (χ2n) is 6.44. The summed E-state index contributed by atoms with van der Waals surface area (Å²) in [4.78, 5) is 16.6. The van der Waals surface area contributed by atoms with Crippen molar-refractivity contribution in [2.75, 3.05) is 37.6 Å². The summed E-state index contributed by atoms with van der Waals surface area (Å²) in [5, 5.41) is 3.90. The highest BCUT2D eigenvalue weighted by molar-refractivity contribution is 6.30. The molecule has 22 heavy (non-hydrogen) atoms. The van der Waals surface area contributed by atoms with Crippen molar-refractivity contribution in [3.8, 4) is 0 Å². The Morgan fingerprint density at radius 2 is 2.05 bits per heavy atom. The van der Waals surface area contributed by atoms with Crippen LogP contribution in [0.1, 0.15) is 19.8 Å². The van der Waals surface area contributed by atoms with Crippen molar-refractivity contribution in [2.24, 2.45) is 5.92 Å². The molecule has 1 saturated carbocycles. The molecule has 1 atom stereocenters. The summed E-state index contributed by atoms with van der Waals surface area (Å²) >= 11 is 6.05. The molecule has 4 nitrogen and oxygen atoms in total. The van der Waals surface area contributed by atoms with Crippen molar-refractivity contribution in [3.05, 3.63) is 29.3 Å². The highest BCUT2D eigenvalue weighted by Crippen LogP contribution is 2.32. The standard InChI is InChI=1S/C17H24ClN3O/c1-13(14-5-6-14)19-17(22)12-20-7-9-21(10-8-20)16-4-2-3-15(18)11-16/h2-4,11,13-14H,5-10,12H2,1H3,(H,19,22)/t13-/m1/s1. The van der Waals surface area contributed by atoms with Gasteiger partial charge in [-0.05, 0) is 43.9 Å². The van der Waals surface area contributed by atoms with Gasteiger partial charge in [-0.25, -0.2) is 0 Å². The van der Waals surface area contributed by atoms with Gasteiger partial charge in [0.05, 0.1) is 6.54 Å². The van der Waals surface area contributed by atoms with E-state index in [1.165, 1.54) is 18.5 Å². The van der Waals surface area contributed by atoms with E-state index in [4.69, 9.17) is 11.6 Å². The minimum atomic E-state index is 0.163. The maximum absolute atomic E-state index is 12.1. The minimum absolute atomic E-state index is 0.163. The number of anilines is 1. The van der Waals surface area contributed by atoms with E-state index in [0.717, 1.165) is 31.2 Å². The van der Waals surface area contributed by atoms with E-state index in [-0.39, 0.29) is 5.91 Å². The van der Waals surface area contributed by atoms with Crippen LogP contribution in [0.2, 0.25) is 5.02 Å². The number of nitrogens with one attached hydrogen (secondary N) is 1. The van der Waals surface area contributed by atoms with Crippen LogP contribution in [0.3, 0.4) is 0 Å². The molecule has 2 aliphatic rings. The average molecular weight is 322 g/mol. The second kappa shape index (κ2) is 6.88. The van der Waals surface area contributed by atoms with Crippen molar-refractivity contribution in [2.45, 2.75) is 25.8 Å². The van der Waals surface area contributed by atoms with Crippen LogP contribution in [-0.4, -0.2) is 49.6 Å². The zero-order chi connectivity index (χ0) is 15.5. The molecule has 1 aliphatic heterocycles. The molecule has 3 rings (SSSR count). The summed E-state index contributed by atoms with van der Waals surface area (Å²) in [5.41, 5.74) is 1.17. The topological polar surface area (TPSA) is 35.6 Å². The van der Waals surface area contributed by atoms with E-state index in [1.807, 2.05) is 18.2 Å². The molecule has 0 aromatic heterocycles. The first-order valence-corrected chi connectivity index (χ1v) is 8.52. The molecule has 0 bridgehead atoms. The quantitative estimate of drug-likeness (QED) is 0.904. The normalized spacial score (nSPS) is 20.7. The number of hydrogen-bond donors (Lipinski definition) is 1. The molecule has 0 spiro atoms. The predicted molar refractivity (Wildman–Crippen MR) is 90.4 cm³/mol. The van der Waals surface area contributed by atoms with Gasteiger partial charge in [-0.2, -0.15) is 0 Å². The molecule has 120 valence electrons. The smallest absolute Gasteiger partial charge is 0.234 e. The van der Waals surface area contributed by atoms with E-state index in [9.17, 15) is 4.79 Å². The van der Waals surface area contributed by atoms with Crippen molar-refractivity contribution >= 4 is 23.2 Å². The van der Waals surface area contributed by atoms with Crippen molar-refractivity contribution in [1.29, 1.82) is 0 Å². The molecule has 1 aromatic carbocycles. The van der Waals surface area contributed by atoms with Gasteiger partial charge in [0.1, 0.15) is 0 Å². The lowest BCUT2D eigenvalue weighted by molar-refractivity contribution is -0.123. The monoisotopic (exact) mass is 321 g/mol. The third-order valence-electron chi connectivity index (χ3n) is 4.63. The molecule has 1 aliphatic carbocycles. The lowest BCUT2D eigenvalue weighted by Crippen LogP contribution is -2.50. The summed E-state index contributed by atoms with van der Waals surface area (Å²) < 4.78 is 0. The van der Waals surface area contributed by atoms with Crippen molar-refractivity contribution in [1.82, 2.24) is 10.2 Å². The lowest BCUT2D eigenvalue weighted by atomic mass is 10.2. The molecule has 1 aromatic rings. The number of carbonyl (C=O) groups excluding carboxylic acids is 1. The van der Waals surface area contributed by atoms with Gasteiger partial charge in [0.25, 0.3) is 0 Å². The number of piperazine rings is 1. The molecule has 0 radical (unpaired) electrons. The lowest BCUT2D eigenvalue weighted by Gasteiger charge is -2.36. The third-order valence-corrected chi connectivity index (χ3v) is 4.87. The maximum atomic E-state index is 12.1. The Morgan fingerprint density at radius 1 is 1.32 bits per heavy atom. The Hall–Kier alpha value is -1.26. The summed E-state index contributed by atoms with van der Waals surface area (Å²) in [6.45, 7) is 6.33. The summed E-state index contributed by atoms with van der Waals surface area (Å²) in [7, 11) is 0. The summed E-state index contributed by atoms with van der Waals surface area (Å²) in [6.07, 6.45) is 2.53. The van der Waals surface area contributed by atoms with E-state index < -0.39 is 0 Å². The molecular weight excluding hydrogens is 298 g/mol. The number of amides is 1. The Labute approximate surface area is 137 Å².